The van der Waals surface area contributed by atoms with E-state index in [9.17, 15) is 13.2 Å². The molecule has 0 radical (unpaired) electrons. The predicted octanol–water partition coefficient (Wildman–Crippen LogP) is 4.20. The highest BCUT2D eigenvalue weighted by molar-refractivity contribution is 5.60. The fraction of sp³-hybridized carbons (Fsp3) is 0.250. The Bertz CT molecular complexity index is 711. The van der Waals surface area contributed by atoms with Crippen LogP contribution in [0.2, 0.25) is 0 Å². The first-order valence-corrected chi connectivity index (χ1v) is 6.66. The van der Waals surface area contributed by atoms with Crippen LogP contribution >= 0.6 is 0 Å². The number of pyridine rings is 1. The van der Waals surface area contributed by atoms with Crippen LogP contribution in [0.4, 0.5) is 13.2 Å². The van der Waals surface area contributed by atoms with Gasteiger partial charge in [0.15, 0.2) is 0 Å². The molecule has 1 aliphatic carbocycles. The van der Waals surface area contributed by atoms with Crippen molar-refractivity contribution in [3.63, 3.8) is 0 Å². The molecule has 0 atom stereocenters. The first-order chi connectivity index (χ1) is 10.4. The zero-order chi connectivity index (χ0) is 15.8. The highest BCUT2D eigenvalue weighted by atomic mass is 19.4. The number of aromatic nitrogens is 1. The van der Waals surface area contributed by atoms with E-state index in [-0.39, 0.29) is 5.75 Å². The van der Waals surface area contributed by atoms with E-state index in [1.807, 2.05) is 6.07 Å². The summed E-state index contributed by atoms with van der Waals surface area (Å²) in [6.07, 6.45) is -1.36. The first kappa shape index (κ1) is 14.4. The number of hydrogen-bond acceptors (Lipinski definition) is 3. The molecule has 0 saturated heterocycles. The molecule has 1 heterocycles. The van der Waals surface area contributed by atoms with Crippen molar-refractivity contribution in [2.45, 2.75) is 24.6 Å². The minimum atomic E-state index is -4.70. The fourth-order valence-electron chi connectivity index (χ4n) is 2.27. The van der Waals surface area contributed by atoms with Crippen LogP contribution in [0, 0.1) is 11.3 Å². The third-order valence-electron chi connectivity index (χ3n) is 3.66. The molecular formula is C16H11F3N2O. The van der Waals surface area contributed by atoms with Crippen LogP contribution in [0.5, 0.6) is 5.75 Å². The van der Waals surface area contributed by atoms with Crippen molar-refractivity contribution in [1.29, 1.82) is 5.26 Å². The summed E-state index contributed by atoms with van der Waals surface area (Å²) in [6.45, 7) is 0. The molecule has 3 rings (SSSR count). The largest absolute Gasteiger partial charge is 0.573 e. The second-order valence-electron chi connectivity index (χ2n) is 5.20. The maximum Gasteiger partial charge on any atom is 0.573 e. The summed E-state index contributed by atoms with van der Waals surface area (Å²) in [7, 11) is 0. The van der Waals surface area contributed by atoms with Gasteiger partial charge in [-0.25, -0.2) is 0 Å². The molecule has 0 bridgehead atoms. The van der Waals surface area contributed by atoms with E-state index < -0.39 is 11.8 Å². The number of hydrogen-bond donors (Lipinski definition) is 0. The molecule has 2 aromatic rings. The Morgan fingerprint density at radius 2 is 1.77 bits per heavy atom. The van der Waals surface area contributed by atoms with Crippen molar-refractivity contribution in [3.8, 4) is 23.1 Å². The Labute approximate surface area is 125 Å². The smallest absolute Gasteiger partial charge is 0.406 e. The predicted molar refractivity (Wildman–Crippen MR) is 72.9 cm³/mol. The molecule has 112 valence electrons. The molecule has 22 heavy (non-hydrogen) atoms. The van der Waals surface area contributed by atoms with E-state index in [4.69, 9.17) is 5.26 Å². The molecule has 0 aliphatic heterocycles. The topological polar surface area (TPSA) is 45.9 Å². The van der Waals surface area contributed by atoms with Gasteiger partial charge in [0.25, 0.3) is 0 Å². The number of rotatable bonds is 3. The van der Waals surface area contributed by atoms with Gasteiger partial charge in [-0.3, -0.25) is 4.98 Å². The summed E-state index contributed by atoms with van der Waals surface area (Å²) in [5.74, 6) is -0.269. The number of benzene rings is 1. The standard InChI is InChI=1S/C16H11F3N2O/c17-16(18,19)22-13-4-1-11(2-5-13)14-6-3-12(9-21-14)15(10-20)7-8-15/h1-6,9H,7-8H2. The van der Waals surface area contributed by atoms with Gasteiger partial charge >= 0.3 is 6.36 Å². The maximum atomic E-state index is 12.1. The van der Waals surface area contributed by atoms with Gasteiger partial charge in [0, 0.05) is 11.8 Å². The number of alkyl halides is 3. The monoisotopic (exact) mass is 304 g/mol. The van der Waals surface area contributed by atoms with Gasteiger partial charge in [0.05, 0.1) is 17.2 Å². The molecular weight excluding hydrogens is 293 g/mol. The molecule has 6 heteroatoms. The van der Waals surface area contributed by atoms with Crippen LogP contribution in [0.1, 0.15) is 18.4 Å². The lowest BCUT2D eigenvalue weighted by Crippen LogP contribution is -2.16. The Morgan fingerprint density at radius 1 is 1.09 bits per heavy atom. The van der Waals surface area contributed by atoms with Crippen molar-refractivity contribution in [1.82, 2.24) is 4.98 Å². The van der Waals surface area contributed by atoms with Crippen LogP contribution in [-0.2, 0) is 5.41 Å². The molecule has 0 amide bonds. The van der Waals surface area contributed by atoms with E-state index in [1.165, 1.54) is 24.3 Å². The molecule has 0 spiro atoms. The summed E-state index contributed by atoms with van der Waals surface area (Å²) in [6, 6.07) is 11.4. The Balaban J connectivity index is 1.79. The van der Waals surface area contributed by atoms with Crippen molar-refractivity contribution in [3.05, 3.63) is 48.2 Å². The van der Waals surface area contributed by atoms with E-state index in [1.54, 1.807) is 12.3 Å². The van der Waals surface area contributed by atoms with E-state index in [0.717, 1.165) is 18.4 Å². The van der Waals surface area contributed by atoms with Crippen LogP contribution in [-0.4, -0.2) is 11.3 Å². The second kappa shape index (κ2) is 5.02. The molecule has 1 aliphatic rings. The summed E-state index contributed by atoms with van der Waals surface area (Å²) >= 11 is 0. The van der Waals surface area contributed by atoms with E-state index in [0.29, 0.717) is 11.3 Å². The van der Waals surface area contributed by atoms with E-state index >= 15 is 0 Å². The average molecular weight is 304 g/mol. The Kier molecular flexibility index (Phi) is 3.28. The van der Waals surface area contributed by atoms with Gasteiger partial charge in [0.1, 0.15) is 5.75 Å². The molecule has 1 aromatic carbocycles. The highest BCUT2D eigenvalue weighted by Gasteiger charge is 2.45. The van der Waals surface area contributed by atoms with Gasteiger partial charge in [-0.05, 0) is 48.7 Å². The molecule has 1 saturated carbocycles. The highest BCUT2D eigenvalue weighted by Crippen LogP contribution is 2.47. The van der Waals surface area contributed by atoms with E-state index in [2.05, 4.69) is 15.8 Å². The summed E-state index contributed by atoms with van der Waals surface area (Å²) in [4.78, 5) is 4.29. The average Bonchev–Trinajstić information content (AvgIpc) is 3.28. The summed E-state index contributed by atoms with van der Waals surface area (Å²) in [5, 5.41) is 9.14. The van der Waals surface area contributed by atoms with Crippen LogP contribution in [0.3, 0.4) is 0 Å². The van der Waals surface area contributed by atoms with Crippen molar-refractivity contribution in [2.75, 3.05) is 0 Å². The van der Waals surface area contributed by atoms with Gasteiger partial charge in [-0.15, -0.1) is 13.2 Å². The Hall–Kier alpha value is -2.55. The minimum Gasteiger partial charge on any atom is -0.406 e. The number of nitrogens with zero attached hydrogens (tertiary/aromatic N) is 2. The van der Waals surface area contributed by atoms with Gasteiger partial charge in [0.2, 0.25) is 0 Å². The number of halogens is 3. The SMILES string of the molecule is N#CC1(c2ccc(-c3ccc(OC(F)(F)F)cc3)nc2)CC1. The van der Waals surface area contributed by atoms with Crippen molar-refractivity contribution >= 4 is 0 Å². The van der Waals surface area contributed by atoms with Crippen LogP contribution in [0.25, 0.3) is 11.3 Å². The van der Waals surface area contributed by atoms with Crippen LogP contribution in [0.15, 0.2) is 42.6 Å². The third-order valence-corrected chi connectivity index (χ3v) is 3.66. The first-order valence-electron chi connectivity index (χ1n) is 6.66. The van der Waals surface area contributed by atoms with Gasteiger partial charge in [-0.2, -0.15) is 5.26 Å². The van der Waals surface area contributed by atoms with Crippen molar-refractivity contribution in [2.24, 2.45) is 0 Å². The summed E-state index contributed by atoms with van der Waals surface area (Å²) in [5.41, 5.74) is 1.81. The zero-order valence-electron chi connectivity index (χ0n) is 11.4. The van der Waals surface area contributed by atoms with Gasteiger partial charge < -0.3 is 4.74 Å². The quantitative estimate of drug-likeness (QED) is 0.853. The third kappa shape index (κ3) is 2.89. The molecule has 3 nitrogen and oxygen atoms in total. The van der Waals surface area contributed by atoms with Crippen molar-refractivity contribution < 1.29 is 17.9 Å². The lowest BCUT2D eigenvalue weighted by atomic mass is 9.99. The lowest BCUT2D eigenvalue weighted by Gasteiger charge is -2.10. The molecule has 0 N–H and O–H groups in total. The van der Waals surface area contributed by atoms with Crippen LogP contribution < -0.4 is 4.74 Å². The minimum absolute atomic E-state index is 0.269. The molecule has 1 fully saturated rings. The molecule has 1 aromatic heterocycles. The number of nitriles is 1. The van der Waals surface area contributed by atoms with Gasteiger partial charge in [-0.1, -0.05) is 6.07 Å². The normalized spacial score (nSPS) is 15.9. The lowest BCUT2D eigenvalue weighted by molar-refractivity contribution is -0.274. The number of ether oxygens (including phenoxy) is 1. The Morgan fingerprint density at radius 3 is 2.23 bits per heavy atom. The zero-order valence-corrected chi connectivity index (χ0v) is 11.4. The fourth-order valence-corrected chi connectivity index (χ4v) is 2.27. The summed E-state index contributed by atoms with van der Waals surface area (Å²) < 4.78 is 40.1. The maximum absolute atomic E-state index is 12.1. The second-order valence-corrected chi connectivity index (χ2v) is 5.20. The molecule has 0 unspecified atom stereocenters.